The minimum absolute atomic E-state index is 0.534. The Labute approximate surface area is 216 Å². The van der Waals surface area contributed by atoms with Gasteiger partial charge in [-0.1, -0.05) is 116 Å². The third-order valence-corrected chi connectivity index (χ3v) is 8.34. The van der Waals surface area contributed by atoms with Crippen molar-refractivity contribution in [2.24, 2.45) is 11.8 Å². The van der Waals surface area contributed by atoms with Crippen LogP contribution < -0.4 is 4.74 Å². The van der Waals surface area contributed by atoms with Crippen LogP contribution in [-0.4, -0.2) is 11.6 Å². The van der Waals surface area contributed by atoms with E-state index >= 15 is 0 Å². The van der Waals surface area contributed by atoms with Crippen molar-refractivity contribution in [2.45, 2.75) is 123 Å². The largest absolute Gasteiger partial charge is 0.493 e. The lowest BCUT2D eigenvalue weighted by Crippen LogP contribution is -2.19. The maximum atomic E-state index is 6.33. The van der Waals surface area contributed by atoms with Gasteiger partial charge >= 0.3 is 0 Å². The van der Waals surface area contributed by atoms with Crippen molar-refractivity contribution in [3.8, 4) is 16.9 Å². The molecule has 3 rings (SSSR count). The molecule has 1 aliphatic carbocycles. The van der Waals surface area contributed by atoms with E-state index in [4.69, 9.17) is 4.74 Å². The molecule has 1 unspecified atom stereocenters. The molecule has 0 radical (unpaired) electrons. The van der Waals surface area contributed by atoms with E-state index < -0.39 is 0 Å². The molecule has 1 aromatic carbocycles. The third-order valence-electron chi connectivity index (χ3n) is 8.34. The van der Waals surface area contributed by atoms with Gasteiger partial charge in [-0.3, -0.25) is 4.98 Å². The molecule has 2 heteroatoms. The van der Waals surface area contributed by atoms with Crippen molar-refractivity contribution in [1.82, 2.24) is 4.98 Å². The number of benzene rings is 1. The molecular weight excluding hydrogens is 426 g/mol. The summed E-state index contributed by atoms with van der Waals surface area (Å²) in [4.78, 5) is 4.56. The van der Waals surface area contributed by atoms with Crippen molar-refractivity contribution < 1.29 is 4.74 Å². The fourth-order valence-corrected chi connectivity index (χ4v) is 5.98. The van der Waals surface area contributed by atoms with E-state index in [-0.39, 0.29) is 0 Å². The minimum Gasteiger partial charge on any atom is -0.493 e. The standard InChI is InChI=1S/C33H51NO/c1-4-6-8-10-11-15-25-35-33-18-14-13-17-31(33)30-23-24-34-26-32(30)27(3)29-21-19-28(20-22-29)16-12-9-7-5-2/h13-14,17-18,23-24,26-29H,4-12,15-16,19-22,25H2,1-3H3. The molecule has 2 nitrogen and oxygen atoms in total. The molecule has 194 valence electrons. The predicted molar refractivity (Wildman–Crippen MR) is 151 cm³/mol. The molecule has 1 heterocycles. The molecule has 1 fully saturated rings. The summed E-state index contributed by atoms with van der Waals surface area (Å²) in [6.07, 6.45) is 24.4. The van der Waals surface area contributed by atoms with Gasteiger partial charge in [0, 0.05) is 18.0 Å². The Balaban J connectivity index is 1.59. The summed E-state index contributed by atoms with van der Waals surface area (Å²) in [7, 11) is 0. The molecule has 0 amide bonds. The van der Waals surface area contributed by atoms with Crippen LogP contribution in [0.4, 0.5) is 0 Å². The average Bonchev–Trinajstić information content (AvgIpc) is 2.91. The summed E-state index contributed by atoms with van der Waals surface area (Å²) in [6, 6.07) is 10.8. The van der Waals surface area contributed by atoms with E-state index in [1.807, 2.05) is 6.20 Å². The number of aromatic nitrogens is 1. The van der Waals surface area contributed by atoms with Crippen LogP contribution in [0.5, 0.6) is 5.75 Å². The maximum absolute atomic E-state index is 6.33. The Kier molecular flexibility index (Phi) is 12.7. The summed E-state index contributed by atoms with van der Waals surface area (Å²) >= 11 is 0. The van der Waals surface area contributed by atoms with Crippen LogP contribution in [0.15, 0.2) is 42.7 Å². The zero-order valence-electron chi connectivity index (χ0n) is 22.9. The lowest BCUT2D eigenvalue weighted by Gasteiger charge is -2.33. The molecule has 0 aliphatic heterocycles. The van der Waals surface area contributed by atoms with Crippen LogP contribution in [0, 0.1) is 11.8 Å². The molecule has 1 aromatic heterocycles. The molecule has 35 heavy (non-hydrogen) atoms. The highest BCUT2D eigenvalue weighted by molar-refractivity contribution is 5.73. The number of hydrogen-bond donors (Lipinski definition) is 0. The van der Waals surface area contributed by atoms with Gasteiger partial charge in [0.25, 0.3) is 0 Å². The average molecular weight is 478 g/mol. The zero-order chi connectivity index (χ0) is 24.7. The topological polar surface area (TPSA) is 22.1 Å². The number of unbranched alkanes of at least 4 members (excludes halogenated alkanes) is 8. The second-order valence-electron chi connectivity index (χ2n) is 11.0. The fraction of sp³-hybridized carbons (Fsp3) is 0.667. The summed E-state index contributed by atoms with van der Waals surface area (Å²) in [5.41, 5.74) is 3.94. The minimum atomic E-state index is 0.534. The lowest BCUT2D eigenvalue weighted by molar-refractivity contribution is 0.236. The summed E-state index contributed by atoms with van der Waals surface area (Å²) in [5, 5.41) is 0. The van der Waals surface area contributed by atoms with E-state index in [0.717, 1.165) is 30.6 Å². The van der Waals surface area contributed by atoms with Gasteiger partial charge < -0.3 is 4.74 Å². The molecule has 0 N–H and O–H groups in total. The van der Waals surface area contributed by atoms with Crippen LogP contribution in [0.25, 0.3) is 11.1 Å². The smallest absolute Gasteiger partial charge is 0.127 e. The lowest BCUT2D eigenvalue weighted by atomic mass is 9.72. The quantitative estimate of drug-likeness (QED) is 0.224. The highest BCUT2D eigenvalue weighted by Crippen LogP contribution is 2.43. The van der Waals surface area contributed by atoms with Crippen molar-refractivity contribution in [3.05, 3.63) is 48.3 Å². The van der Waals surface area contributed by atoms with Crippen LogP contribution in [0.2, 0.25) is 0 Å². The van der Waals surface area contributed by atoms with Crippen LogP contribution >= 0.6 is 0 Å². The number of para-hydroxylation sites is 1. The van der Waals surface area contributed by atoms with E-state index in [9.17, 15) is 0 Å². The first-order chi connectivity index (χ1) is 17.2. The first-order valence-electron chi connectivity index (χ1n) is 14.9. The normalized spacial score (nSPS) is 18.9. The molecule has 0 bridgehead atoms. The fourth-order valence-electron chi connectivity index (χ4n) is 5.98. The highest BCUT2D eigenvalue weighted by atomic mass is 16.5. The van der Waals surface area contributed by atoms with Gasteiger partial charge in [0.15, 0.2) is 0 Å². The summed E-state index contributed by atoms with van der Waals surface area (Å²) in [5.74, 6) is 3.28. The molecule has 0 spiro atoms. The van der Waals surface area contributed by atoms with E-state index in [1.165, 1.54) is 107 Å². The monoisotopic (exact) mass is 477 g/mol. The summed E-state index contributed by atoms with van der Waals surface area (Å²) < 4.78 is 6.33. The summed E-state index contributed by atoms with van der Waals surface area (Å²) in [6.45, 7) is 7.82. The Morgan fingerprint density at radius 3 is 2.26 bits per heavy atom. The molecule has 1 atom stereocenters. The third kappa shape index (κ3) is 8.96. The Hall–Kier alpha value is -1.83. The molecule has 2 aromatic rings. The number of ether oxygens (including phenoxy) is 1. The van der Waals surface area contributed by atoms with Crippen LogP contribution in [0.1, 0.15) is 129 Å². The van der Waals surface area contributed by atoms with Crippen LogP contribution in [0.3, 0.4) is 0 Å². The van der Waals surface area contributed by atoms with E-state index in [2.05, 4.69) is 62.3 Å². The Morgan fingerprint density at radius 1 is 0.800 bits per heavy atom. The number of hydrogen-bond acceptors (Lipinski definition) is 2. The second kappa shape index (κ2) is 16.0. The SMILES string of the molecule is CCCCCCCCOc1ccccc1-c1ccncc1C(C)C1CCC(CCCCCC)CC1. The van der Waals surface area contributed by atoms with Gasteiger partial charge in [-0.15, -0.1) is 0 Å². The van der Waals surface area contributed by atoms with Gasteiger partial charge in [-0.25, -0.2) is 0 Å². The predicted octanol–water partition coefficient (Wildman–Crippen LogP) is 10.4. The van der Waals surface area contributed by atoms with Crippen molar-refractivity contribution >= 4 is 0 Å². The maximum Gasteiger partial charge on any atom is 0.127 e. The molecular formula is C33H51NO. The van der Waals surface area contributed by atoms with Crippen molar-refractivity contribution in [3.63, 3.8) is 0 Å². The van der Waals surface area contributed by atoms with Gasteiger partial charge in [0.2, 0.25) is 0 Å². The molecule has 0 saturated heterocycles. The first kappa shape index (κ1) is 27.8. The van der Waals surface area contributed by atoms with Gasteiger partial charge in [0.05, 0.1) is 6.61 Å². The van der Waals surface area contributed by atoms with Crippen molar-refractivity contribution in [1.29, 1.82) is 0 Å². The molecule has 1 aliphatic rings. The second-order valence-corrected chi connectivity index (χ2v) is 11.0. The van der Waals surface area contributed by atoms with Crippen molar-refractivity contribution in [2.75, 3.05) is 6.61 Å². The van der Waals surface area contributed by atoms with Crippen LogP contribution in [-0.2, 0) is 0 Å². The highest BCUT2D eigenvalue weighted by Gasteiger charge is 2.27. The first-order valence-corrected chi connectivity index (χ1v) is 14.9. The Bertz CT molecular complexity index is 823. The number of pyridine rings is 1. The number of nitrogens with zero attached hydrogens (tertiary/aromatic N) is 1. The van der Waals surface area contributed by atoms with Gasteiger partial charge in [-0.2, -0.15) is 0 Å². The van der Waals surface area contributed by atoms with Gasteiger partial charge in [-0.05, 0) is 60.3 Å². The molecule has 1 saturated carbocycles. The number of rotatable bonds is 16. The van der Waals surface area contributed by atoms with Gasteiger partial charge in [0.1, 0.15) is 5.75 Å². The van der Waals surface area contributed by atoms with E-state index in [0.29, 0.717) is 5.92 Å². The van der Waals surface area contributed by atoms with E-state index in [1.54, 1.807) is 0 Å². The zero-order valence-corrected chi connectivity index (χ0v) is 22.9. The Morgan fingerprint density at radius 2 is 1.49 bits per heavy atom.